The predicted molar refractivity (Wildman–Crippen MR) is 125 cm³/mol. The van der Waals surface area contributed by atoms with Crippen LogP contribution in [0.3, 0.4) is 0 Å². The summed E-state index contributed by atoms with van der Waals surface area (Å²) in [7, 11) is 0. The molecule has 5 rings (SSSR count). The number of rotatable bonds is 4. The van der Waals surface area contributed by atoms with Crippen molar-refractivity contribution in [3.05, 3.63) is 45.9 Å². The molecule has 0 saturated carbocycles. The molecule has 2 aromatic rings. The number of halogens is 1. The van der Waals surface area contributed by atoms with Crippen LogP contribution in [0.4, 0.5) is 11.5 Å². The third-order valence-corrected chi connectivity index (χ3v) is 7.74. The lowest BCUT2D eigenvalue weighted by Gasteiger charge is -2.41. The third-order valence-electron chi connectivity index (χ3n) is 7.39. The molecule has 1 spiro atoms. The second kappa shape index (κ2) is 7.91. The molecule has 6 nitrogen and oxygen atoms in total. The number of nitrogens with zero attached hydrogens (tertiary/aromatic N) is 3. The van der Waals surface area contributed by atoms with Gasteiger partial charge in [0.15, 0.2) is 0 Å². The topological polar surface area (TPSA) is 73.3 Å². The van der Waals surface area contributed by atoms with Crippen LogP contribution in [0.2, 0.25) is 5.02 Å². The summed E-state index contributed by atoms with van der Waals surface area (Å²) in [6.07, 6.45) is 3.99. The van der Waals surface area contributed by atoms with Gasteiger partial charge in [0.1, 0.15) is 12.1 Å². The molecule has 1 saturated heterocycles. The lowest BCUT2D eigenvalue weighted by molar-refractivity contribution is 0.170. The quantitative estimate of drug-likeness (QED) is 0.662. The number of aliphatic hydroxyl groups excluding tert-OH is 1. The largest absolute Gasteiger partial charge is 0.387 e. The summed E-state index contributed by atoms with van der Waals surface area (Å²) in [4.78, 5) is 11.4. The molecule has 2 aliphatic heterocycles. The molecule has 3 heterocycles. The minimum atomic E-state index is -0.466. The van der Waals surface area contributed by atoms with Gasteiger partial charge in [-0.15, -0.1) is 0 Å². The highest BCUT2D eigenvalue weighted by molar-refractivity contribution is 6.31. The molecule has 3 N–H and O–H groups in total. The van der Waals surface area contributed by atoms with Gasteiger partial charge in [0.05, 0.1) is 11.8 Å². The number of anilines is 2. The fraction of sp³-hybridized carbons (Fsp3) is 0.583. The van der Waals surface area contributed by atoms with Gasteiger partial charge < -0.3 is 20.6 Å². The Morgan fingerprint density at radius 3 is 2.81 bits per heavy atom. The van der Waals surface area contributed by atoms with Gasteiger partial charge in [-0.05, 0) is 48.4 Å². The molecule has 0 amide bonds. The van der Waals surface area contributed by atoms with Crippen LogP contribution in [0.1, 0.15) is 74.4 Å². The van der Waals surface area contributed by atoms with Crippen molar-refractivity contribution in [1.29, 1.82) is 0 Å². The van der Waals surface area contributed by atoms with E-state index in [2.05, 4.69) is 52.3 Å². The molecule has 2 atom stereocenters. The Kier molecular flexibility index (Phi) is 5.35. The molecule has 0 unspecified atom stereocenters. The average Bonchev–Trinajstić information content (AvgIpc) is 3.25. The Morgan fingerprint density at radius 2 is 2.06 bits per heavy atom. The SMILES string of the molecule is CC(C)NCc1c(Cl)ccc2c1C1(CCN(c3ncnc4c3[C@H](C)C[C@H]4O)CC1)CN2. The smallest absolute Gasteiger partial charge is 0.135 e. The summed E-state index contributed by atoms with van der Waals surface area (Å²) in [5, 5.41) is 18.4. The standard InChI is InChI=1S/C24H32ClN5O/c1-14(2)26-11-16-17(25)4-5-18-21(16)24(12-27-18)6-8-30(9-7-24)23-20-15(3)10-19(31)22(20)28-13-29-23/h4-5,13-15,19,26-27,31H,6-12H2,1-3H3/t15-,19-/m1/s1. The fourth-order valence-corrected chi connectivity index (χ4v) is 5.96. The highest BCUT2D eigenvalue weighted by Crippen LogP contribution is 2.49. The summed E-state index contributed by atoms with van der Waals surface area (Å²) in [5.74, 6) is 1.31. The Balaban J connectivity index is 1.42. The molecule has 0 bridgehead atoms. The van der Waals surface area contributed by atoms with E-state index in [9.17, 15) is 5.11 Å². The van der Waals surface area contributed by atoms with E-state index in [1.165, 1.54) is 16.8 Å². The van der Waals surface area contributed by atoms with Crippen molar-refractivity contribution in [2.24, 2.45) is 0 Å². The molecule has 1 aromatic heterocycles. The zero-order valence-electron chi connectivity index (χ0n) is 18.6. The Labute approximate surface area is 189 Å². The van der Waals surface area contributed by atoms with Gasteiger partial charge in [0.2, 0.25) is 0 Å². The molecular weight excluding hydrogens is 410 g/mol. The zero-order chi connectivity index (χ0) is 21.8. The maximum atomic E-state index is 10.4. The average molecular weight is 442 g/mol. The van der Waals surface area contributed by atoms with Gasteiger partial charge in [-0.2, -0.15) is 0 Å². The van der Waals surface area contributed by atoms with Gasteiger partial charge in [0, 0.05) is 53.9 Å². The number of hydrogen-bond acceptors (Lipinski definition) is 6. The molecule has 31 heavy (non-hydrogen) atoms. The van der Waals surface area contributed by atoms with E-state index in [1.54, 1.807) is 6.33 Å². The number of fused-ring (bicyclic) bond motifs is 3. The van der Waals surface area contributed by atoms with Crippen LogP contribution in [0.5, 0.6) is 0 Å². The van der Waals surface area contributed by atoms with Gasteiger partial charge >= 0.3 is 0 Å². The highest BCUT2D eigenvalue weighted by Gasteiger charge is 2.44. The second-order valence-corrected chi connectivity index (χ2v) is 10.2. The maximum Gasteiger partial charge on any atom is 0.135 e. The van der Waals surface area contributed by atoms with Crippen LogP contribution in [-0.4, -0.2) is 40.8 Å². The summed E-state index contributed by atoms with van der Waals surface area (Å²) < 4.78 is 0. The van der Waals surface area contributed by atoms with Crippen molar-refractivity contribution in [2.75, 3.05) is 29.9 Å². The van der Waals surface area contributed by atoms with Gasteiger partial charge in [-0.3, -0.25) is 0 Å². The minimum Gasteiger partial charge on any atom is -0.387 e. The second-order valence-electron chi connectivity index (χ2n) is 9.75. The van der Waals surface area contributed by atoms with Crippen LogP contribution in [0.15, 0.2) is 18.5 Å². The van der Waals surface area contributed by atoms with Crippen molar-refractivity contribution in [3.63, 3.8) is 0 Å². The first kappa shape index (κ1) is 21.0. The first-order valence-corrected chi connectivity index (χ1v) is 11.8. The van der Waals surface area contributed by atoms with Crippen molar-refractivity contribution >= 4 is 23.1 Å². The summed E-state index contributed by atoms with van der Waals surface area (Å²) in [6.45, 7) is 10.1. The fourth-order valence-electron chi connectivity index (χ4n) is 5.73. The van der Waals surface area contributed by atoms with E-state index >= 15 is 0 Å². The highest BCUT2D eigenvalue weighted by atomic mass is 35.5. The normalized spacial score (nSPS) is 23.9. The molecule has 3 aliphatic rings. The number of aromatic nitrogens is 2. The van der Waals surface area contributed by atoms with Gasteiger partial charge in [0.25, 0.3) is 0 Å². The van der Waals surface area contributed by atoms with E-state index < -0.39 is 6.10 Å². The van der Waals surface area contributed by atoms with Crippen LogP contribution >= 0.6 is 11.6 Å². The Bertz CT molecular complexity index is 986. The van der Waals surface area contributed by atoms with Crippen molar-refractivity contribution in [2.45, 2.75) is 70.1 Å². The van der Waals surface area contributed by atoms with E-state index in [1.807, 2.05) is 6.07 Å². The number of aliphatic hydroxyl groups is 1. The Hall–Kier alpha value is -1.89. The first-order valence-electron chi connectivity index (χ1n) is 11.5. The first-order chi connectivity index (χ1) is 14.9. The maximum absolute atomic E-state index is 10.4. The lowest BCUT2D eigenvalue weighted by atomic mass is 9.72. The van der Waals surface area contributed by atoms with Gasteiger partial charge in [-0.1, -0.05) is 32.4 Å². The Morgan fingerprint density at radius 1 is 1.29 bits per heavy atom. The van der Waals surface area contributed by atoms with Gasteiger partial charge in [-0.25, -0.2) is 9.97 Å². The van der Waals surface area contributed by atoms with Crippen LogP contribution in [0.25, 0.3) is 0 Å². The van der Waals surface area contributed by atoms with E-state index in [0.717, 1.165) is 67.5 Å². The van der Waals surface area contributed by atoms with Crippen molar-refractivity contribution in [3.8, 4) is 0 Å². The summed E-state index contributed by atoms with van der Waals surface area (Å²) in [5.41, 5.74) is 5.94. The third kappa shape index (κ3) is 3.49. The molecule has 166 valence electrons. The number of benzene rings is 1. The number of piperidine rings is 1. The van der Waals surface area contributed by atoms with Crippen molar-refractivity contribution in [1.82, 2.24) is 15.3 Å². The predicted octanol–water partition coefficient (Wildman–Crippen LogP) is 4.13. The van der Waals surface area contributed by atoms with Crippen molar-refractivity contribution < 1.29 is 5.11 Å². The summed E-state index contributed by atoms with van der Waals surface area (Å²) >= 11 is 6.69. The molecule has 0 radical (unpaired) electrons. The molecule has 1 aromatic carbocycles. The van der Waals surface area contributed by atoms with E-state index in [0.29, 0.717) is 12.0 Å². The van der Waals surface area contributed by atoms with E-state index in [-0.39, 0.29) is 5.41 Å². The zero-order valence-corrected chi connectivity index (χ0v) is 19.3. The number of nitrogens with one attached hydrogen (secondary N) is 2. The van der Waals surface area contributed by atoms with Crippen LogP contribution < -0.4 is 15.5 Å². The van der Waals surface area contributed by atoms with Crippen LogP contribution in [0, 0.1) is 0 Å². The summed E-state index contributed by atoms with van der Waals surface area (Å²) in [6, 6.07) is 4.57. The molecule has 1 fully saturated rings. The monoisotopic (exact) mass is 441 g/mol. The van der Waals surface area contributed by atoms with Crippen LogP contribution in [-0.2, 0) is 12.0 Å². The molecular formula is C24H32ClN5O. The molecule has 7 heteroatoms. The number of hydrogen-bond donors (Lipinski definition) is 3. The van der Waals surface area contributed by atoms with E-state index in [4.69, 9.17) is 11.6 Å². The lowest BCUT2D eigenvalue weighted by Crippen LogP contribution is -2.45. The molecule has 1 aliphatic carbocycles. The minimum absolute atomic E-state index is 0.103.